The highest BCUT2D eigenvalue weighted by Crippen LogP contribution is 2.28. The SMILES string of the molecule is CCNC(=NCCc1c[nH]c2c(CC)cccc12)NCCNC(=O)C1CC1.I. The van der Waals surface area contributed by atoms with Crippen LogP contribution in [0.5, 0.6) is 0 Å². The molecule has 0 bridgehead atoms. The zero-order valence-corrected chi connectivity index (χ0v) is 19.1. The van der Waals surface area contributed by atoms with Crippen molar-refractivity contribution in [2.45, 2.75) is 39.5 Å². The lowest BCUT2D eigenvalue weighted by Gasteiger charge is -2.11. The summed E-state index contributed by atoms with van der Waals surface area (Å²) in [6.07, 6.45) is 6.10. The van der Waals surface area contributed by atoms with E-state index < -0.39 is 0 Å². The minimum atomic E-state index is 0. The number of guanidine groups is 1. The van der Waals surface area contributed by atoms with Crippen molar-refractivity contribution in [1.82, 2.24) is 20.9 Å². The van der Waals surface area contributed by atoms with Gasteiger partial charge in [0.1, 0.15) is 0 Å². The molecule has 1 aromatic carbocycles. The lowest BCUT2D eigenvalue weighted by atomic mass is 10.1. The third-order valence-electron chi connectivity index (χ3n) is 4.93. The van der Waals surface area contributed by atoms with Gasteiger partial charge in [-0.2, -0.15) is 0 Å². The van der Waals surface area contributed by atoms with Gasteiger partial charge in [0.25, 0.3) is 0 Å². The number of rotatable bonds is 9. The van der Waals surface area contributed by atoms with Crippen LogP contribution in [0.2, 0.25) is 0 Å². The topological polar surface area (TPSA) is 81.3 Å². The predicted octanol–water partition coefficient (Wildman–Crippen LogP) is 2.97. The normalized spacial score (nSPS) is 13.9. The number of aryl methyl sites for hydroxylation is 1. The van der Waals surface area contributed by atoms with E-state index in [1.807, 2.05) is 0 Å². The molecular weight excluding hydrogens is 465 g/mol. The highest BCUT2D eigenvalue weighted by molar-refractivity contribution is 14.0. The highest BCUT2D eigenvalue weighted by atomic mass is 127. The molecule has 1 saturated carbocycles. The van der Waals surface area contributed by atoms with Gasteiger partial charge in [-0.25, -0.2) is 0 Å². The Morgan fingerprint density at radius 1 is 1.14 bits per heavy atom. The highest BCUT2D eigenvalue weighted by Gasteiger charge is 2.28. The molecule has 0 spiro atoms. The quantitative estimate of drug-likeness (QED) is 0.186. The number of H-pyrrole nitrogens is 1. The van der Waals surface area contributed by atoms with E-state index in [0.29, 0.717) is 19.6 Å². The number of para-hydroxylation sites is 1. The molecule has 1 aromatic heterocycles. The Labute approximate surface area is 184 Å². The Morgan fingerprint density at radius 3 is 2.64 bits per heavy atom. The van der Waals surface area contributed by atoms with E-state index in [1.54, 1.807) is 0 Å². The van der Waals surface area contributed by atoms with Gasteiger partial charge in [-0.3, -0.25) is 9.79 Å². The largest absolute Gasteiger partial charge is 0.361 e. The summed E-state index contributed by atoms with van der Waals surface area (Å²) in [5, 5.41) is 10.8. The molecule has 6 nitrogen and oxygen atoms in total. The number of carbonyl (C=O) groups excluding carboxylic acids is 1. The first kappa shape index (κ1) is 22.5. The predicted molar refractivity (Wildman–Crippen MR) is 127 cm³/mol. The number of hydrogen-bond donors (Lipinski definition) is 4. The van der Waals surface area contributed by atoms with Crippen LogP contribution in [-0.4, -0.2) is 43.0 Å². The number of fused-ring (bicyclic) bond motifs is 1. The summed E-state index contributed by atoms with van der Waals surface area (Å²) >= 11 is 0. The van der Waals surface area contributed by atoms with Gasteiger partial charge in [0, 0.05) is 49.2 Å². The average molecular weight is 497 g/mol. The summed E-state index contributed by atoms with van der Waals surface area (Å²) in [4.78, 5) is 19.7. The third kappa shape index (κ3) is 6.12. The molecule has 154 valence electrons. The van der Waals surface area contributed by atoms with Gasteiger partial charge in [-0.1, -0.05) is 25.1 Å². The molecule has 1 heterocycles. The number of nitrogens with zero attached hydrogens (tertiary/aromatic N) is 1. The van der Waals surface area contributed by atoms with Gasteiger partial charge in [0.05, 0.1) is 0 Å². The van der Waals surface area contributed by atoms with Crippen molar-refractivity contribution < 1.29 is 4.79 Å². The molecule has 1 fully saturated rings. The van der Waals surface area contributed by atoms with Crippen molar-refractivity contribution in [2.75, 3.05) is 26.2 Å². The van der Waals surface area contributed by atoms with Crippen molar-refractivity contribution in [2.24, 2.45) is 10.9 Å². The Kier molecular flexibility index (Phi) is 9.08. The van der Waals surface area contributed by atoms with Crippen LogP contribution in [0.15, 0.2) is 29.4 Å². The van der Waals surface area contributed by atoms with Gasteiger partial charge in [0.2, 0.25) is 5.91 Å². The first-order chi connectivity index (χ1) is 13.2. The van der Waals surface area contributed by atoms with Gasteiger partial charge >= 0.3 is 0 Å². The number of aliphatic imine (C=N–C) groups is 1. The Bertz CT molecular complexity index is 797. The van der Waals surface area contributed by atoms with Gasteiger partial charge in [0.15, 0.2) is 5.96 Å². The Hall–Kier alpha value is -1.77. The fourth-order valence-electron chi connectivity index (χ4n) is 3.26. The lowest BCUT2D eigenvalue weighted by molar-refractivity contribution is -0.122. The number of amides is 1. The number of aromatic nitrogens is 1. The molecule has 0 atom stereocenters. The zero-order chi connectivity index (χ0) is 19.1. The maximum Gasteiger partial charge on any atom is 0.223 e. The van der Waals surface area contributed by atoms with E-state index in [0.717, 1.165) is 38.2 Å². The molecular formula is C21H32IN5O. The number of carbonyl (C=O) groups is 1. The molecule has 7 heteroatoms. The summed E-state index contributed by atoms with van der Waals surface area (Å²) in [6.45, 7) is 7.07. The maximum atomic E-state index is 11.6. The summed E-state index contributed by atoms with van der Waals surface area (Å²) in [7, 11) is 0. The van der Waals surface area contributed by atoms with Crippen LogP contribution in [-0.2, 0) is 17.6 Å². The molecule has 28 heavy (non-hydrogen) atoms. The van der Waals surface area contributed by atoms with Gasteiger partial charge in [-0.05, 0) is 43.7 Å². The smallest absolute Gasteiger partial charge is 0.223 e. The number of nitrogens with one attached hydrogen (secondary N) is 4. The third-order valence-corrected chi connectivity index (χ3v) is 4.93. The maximum absolute atomic E-state index is 11.6. The van der Waals surface area contributed by atoms with E-state index in [-0.39, 0.29) is 35.8 Å². The van der Waals surface area contributed by atoms with Crippen LogP contribution in [0.25, 0.3) is 10.9 Å². The van der Waals surface area contributed by atoms with Gasteiger partial charge in [-0.15, -0.1) is 24.0 Å². The Morgan fingerprint density at radius 2 is 1.93 bits per heavy atom. The van der Waals surface area contributed by atoms with E-state index in [1.165, 1.54) is 22.0 Å². The first-order valence-electron chi connectivity index (χ1n) is 10.1. The van der Waals surface area contributed by atoms with Crippen molar-refractivity contribution in [1.29, 1.82) is 0 Å². The summed E-state index contributed by atoms with van der Waals surface area (Å²) in [5.74, 6) is 1.24. The molecule has 3 rings (SSSR count). The fraction of sp³-hybridized carbons (Fsp3) is 0.524. The summed E-state index contributed by atoms with van der Waals surface area (Å²) in [5.41, 5.74) is 3.90. The van der Waals surface area contributed by atoms with E-state index in [9.17, 15) is 4.79 Å². The van der Waals surface area contributed by atoms with Gasteiger partial charge < -0.3 is 20.9 Å². The Balaban J connectivity index is 0.00000280. The van der Waals surface area contributed by atoms with E-state index >= 15 is 0 Å². The molecule has 1 aliphatic rings. The first-order valence-corrected chi connectivity index (χ1v) is 10.1. The second-order valence-corrected chi connectivity index (χ2v) is 7.01. The van der Waals surface area contributed by atoms with Crippen molar-refractivity contribution in [3.8, 4) is 0 Å². The van der Waals surface area contributed by atoms with Crippen molar-refractivity contribution in [3.05, 3.63) is 35.5 Å². The number of benzene rings is 1. The minimum absolute atomic E-state index is 0. The van der Waals surface area contributed by atoms with E-state index in [4.69, 9.17) is 0 Å². The van der Waals surface area contributed by atoms with Crippen LogP contribution in [0.3, 0.4) is 0 Å². The molecule has 0 radical (unpaired) electrons. The summed E-state index contributed by atoms with van der Waals surface area (Å²) < 4.78 is 0. The molecule has 4 N–H and O–H groups in total. The number of halogens is 1. The second kappa shape index (κ2) is 11.3. The van der Waals surface area contributed by atoms with Crippen LogP contribution in [0.1, 0.15) is 37.8 Å². The zero-order valence-electron chi connectivity index (χ0n) is 16.8. The molecule has 2 aromatic rings. The van der Waals surface area contributed by atoms with E-state index in [2.05, 4.69) is 64.2 Å². The monoisotopic (exact) mass is 497 g/mol. The molecule has 1 aliphatic carbocycles. The van der Waals surface area contributed by atoms with Crippen molar-refractivity contribution >= 4 is 46.7 Å². The average Bonchev–Trinajstić information content (AvgIpc) is 3.46. The number of hydrogen-bond acceptors (Lipinski definition) is 2. The van der Waals surface area contributed by atoms with Crippen LogP contribution in [0, 0.1) is 5.92 Å². The van der Waals surface area contributed by atoms with Crippen LogP contribution in [0.4, 0.5) is 0 Å². The minimum Gasteiger partial charge on any atom is -0.361 e. The molecule has 1 amide bonds. The van der Waals surface area contributed by atoms with Crippen LogP contribution >= 0.6 is 24.0 Å². The van der Waals surface area contributed by atoms with Crippen LogP contribution < -0.4 is 16.0 Å². The standard InChI is InChI=1S/C21H31N5O.HI/c1-3-15-6-5-7-18-17(14-26-19(15)18)10-11-24-21(22-4-2)25-13-12-23-20(27)16-8-9-16;/h5-7,14,16,26H,3-4,8-13H2,1-2H3,(H,23,27)(H2,22,24,25);1H. The van der Waals surface area contributed by atoms with Crippen molar-refractivity contribution in [3.63, 3.8) is 0 Å². The molecule has 0 aliphatic heterocycles. The second-order valence-electron chi connectivity index (χ2n) is 7.01. The fourth-order valence-corrected chi connectivity index (χ4v) is 3.26. The lowest BCUT2D eigenvalue weighted by Crippen LogP contribution is -2.41. The molecule has 0 saturated heterocycles. The molecule has 0 unspecified atom stereocenters. The number of aromatic amines is 1. The summed E-state index contributed by atoms with van der Waals surface area (Å²) in [6, 6.07) is 6.48.